The molecule has 21 heavy (non-hydrogen) atoms. The van der Waals surface area contributed by atoms with Gasteiger partial charge in [-0.15, -0.1) is 0 Å². The van der Waals surface area contributed by atoms with Crippen molar-refractivity contribution in [1.29, 1.82) is 0 Å². The molecule has 0 unspecified atom stereocenters. The standard InChI is InChI=1S/C17H33N3O.H2/c1-4-19-9-11-20(12-10-19)13-17-7-5-16(6-8-17,14-21-17)18-15(2)3;/h15,18H,4-14H2,1-3H3;1H. The summed E-state index contributed by atoms with van der Waals surface area (Å²) in [4.78, 5) is 5.19. The van der Waals surface area contributed by atoms with Crippen molar-refractivity contribution in [2.75, 3.05) is 45.9 Å². The van der Waals surface area contributed by atoms with E-state index in [1.54, 1.807) is 0 Å². The first-order valence-electron chi connectivity index (χ1n) is 8.91. The van der Waals surface area contributed by atoms with Crippen LogP contribution in [0.4, 0.5) is 0 Å². The molecule has 4 aliphatic rings. The lowest BCUT2D eigenvalue weighted by Crippen LogP contribution is -2.65. The minimum Gasteiger partial charge on any atom is -0.372 e. The molecule has 0 spiro atoms. The van der Waals surface area contributed by atoms with E-state index in [4.69, 9.17) is 4.74 Å². The third-order valence-electron chi connectivity index (χ3n) is 5.79. The Labute approximate surface area is 131 Å². The fraction of sp³-hybridized carbons (Fsp3) is 1.00. The summed E-state index contributed by atoms with van der Waals surface area (Å²) < 4.78 is 6.41. The number of nitrogens with one attached hydrogen (secondary N) is 1. The molecule has 0 atom stereocenters. The molecule has 3 heterocycles. The van der Waals surface area contributed by atoms with Crippen LogP contribution < -0.4 is 5.32 Å². The summed E-state index contributed by atoms with van der Waals surface area (Å²) in [7, 11) is 0. The molecule has 4 fully saturated rings. The van der Waals surface area contributed by atoms with Gasteiger partial charge in [0.05, 0.1) is 12.2 Å². The van der Waals surface area contributed by atoms with E-state index >= 15 is 0 Å². The number of rotatable bonds is 5. The minimum atomic E-state index is 0. The van der Waals surface area contributed by atoms with Crippen LogP contribution in [0.5, 0.6) is 0 Å². The number of piperazine rings is 1. The van der Waals surface area contributed by atoms with Gasteiger partial charge in [0, 0.05) is 45.7 Å². The van der Waals surface area contributed by atoms with Gasteiger partial charge in [0.25, 0.3) is 0 Å². The largest absolute Gasteiger partial charge is 0.372 e. The van der Waals surface area contributed by atoms with Crippen LogP contribution in [-0.2, 0) is 4.74 Å². The lowest BCUT2D eigenvalue weighted by molar-refractivity contribution is -0.174. The highest BCUT2D eigenvalue weighted by molar-refractivity contribution is 5.06. The second-order valence-electron chi connectivity index (χ2n) is 7.76. The van der Waals surface area contributed by atoms with Gasteiger partial charge in [-0.25, -0.2) is 0 Å². The number of ether oxygens (including phenoxy) is 1. The molecule has 1 saturated carbocycles. The quantitative estimate of drug-likeness (QED) is 0.839. The Morgan fingerprint density at radius 2 is 1.67 bits per heavy atom. The van der Waals surface area contributed by atoms with Crippen LogP contribution in [0.2, 0.25) is 0 Å². The van der Waals surface area contributed by atoms with E-state index in [1.165, 1.54) is 58.4 Å². The predicted octanol–water partition coefficient (Wildman–Crippen LogP) is 1.95. The summed E-state index contributed by atoms with van der Waals surface area (Å²) in [5, 5.41) is 3.77. The maximum absolute atomic E-state index is 6.41. The van der Waals surface area contributed by atoms with Crippen molar-refractivity contribution in [2.45, 2.75) is 63.6 Å². The highest BCUT2D eigenvalue weighted by atomic mass is 16.5. The molecule has 3 saturated heterocycles. The van der Waals surface area contributed by atoms with Crippen LogP contribution in [0.15, 0.2) is 0 Å². The van der Waals surface area contributed by atoms with Crippen LogP contribution in [0.3, 0.4) is 0 Å². The molecule has 1 N–H and O–H groups in total. The summed E-state index contributed by atoms with van der Waals surface area (Å²) in [6.07, 6.45) is 5.06. The first-order chi connectivity index (χ1) is 10.0. The van der Waals surface area contributed by atoms with Gasteiger partial charge < -0.3 is 15.0 Å². The molecule has 4 heteroatoms. The smallest absolute Gasteiger partial charge is 0.0811 e. The van der Waals surface area contributed by atoms with E-state index in [0.717, 1.165) is 13.2 Å². The van der Waals surface area contributed by atoms with Crippen molar-refractivity contribution >= 4 is 0 Å². The minimum absolute atomic E-state index is 0. The predicted molar refractivity (Wildman–Crippen MR) is 88.8 cm³/mol. The first kappa shape index (κ1) is 15.7. The number of hydrogen-bond donors (Lipinski definition) is 1. The topological polar surface area (TPSA) is 27.7 Å². The van der Waals surface area contributed by atoms with Crippen LogP contribution in [-0.4, -0.2) is 72.9 Å². The summed E-state index contributed by atoms with van der Waals surface area (Å²) >= 11 is 0. The maximum atomic E-state index is 6.41. The zero-order valence-corrected chi connectivity index (χ0v) is 14.2. The van der Waals surface area contributed by atoms with Gasteiger partial charge in [0.1, 0.15) is 0 Å². The van der Waals surface area contributed by atoms with Crippen LogP contribution in [0, 0.1) is 0 Å². The highest BCUT2D eigenvalue weighted by Crippen LogP contribution is 2.44. The Hall–Kier alpha value is -0.160. The Bertz CT molecular complexity index is 331. The van der Waals surface area contributed by atoms with Crippen LogP contribution >= 0.6 is 0 Å². The van der Waals surface area contributed by atoms with Gasteiger partial charge in [0.2, 0.25) is 0 Å². The van der Waals surface area contributed by atoms with Crippen molar-refractivity contribution in [2.24, 2.45) is 0 Å². The monoisotopic (exact) mass is 297 g/mol. The van der Waals surface area contributed by atoms with E-state index in [1.807, 2.05) is 0 Å². The fourth-order valence-electron chi connectivity index (χ4n) is 4.44. The maximum Gasteiger partial charge on any atom is 0.0811 e. The number of fused-ring (bicyclic) bond motifs is 3. The van der Waals surface area contributed by atoms with Crippen molar-refractivity contribution in [3.8, 4) is 0 Å². The lowest BCUT2D eigenvalue weighted by Gasteiger charge is -2.55. The van der Waals surface area contributed by atoms with Crippen LogP contribution in [0.25, 0.3) is 0 Å². The Balaban J connectivity index is 0.00000176. The van der Waals surface area contributed by atoms with E-state index in [-0.39, 0.29) is 12.6 Å². The van der Waals surface area contributed by atoms with E-state index in [0.29, 0.717) is 6.04 Å². The number of likely N-dealkylation sites (N-methyl/N-ethyl adjacent to an activating group) is 1. The average Bonchev–Trinajstić information content (AvgIpc) is 2.49. The van der Waals surface area contributed by atoms with Gasteiger partial charge in [-0.3, -0.25) is 4.90 Å². The van der Waals surface area contributed by atoms with Gasteiger partial charge in [-0.1, -0.05) is 20.8 Å². The summed E-state index contributed by atoms with van der Waals surface area (Å²) in [5.41, 5.74) is 0.436. The van der Waals surface area contributed by atoms with Crippen molar-refractivity contribution in [1.82, 2.24) is 15.1 Å². The van der Waals surface area contributed by atoms with Gasteiger partial charge >= 0.3 is 0 Å². The number of nitrogens with zero attached hydrogens (tertiary/aromatic N) is 2. The summed E-state index contributed by atoms with van der Waals surface area (Å²) in [5.74, 6) is 0. The molecule has 0 radical (unpaired) electrons. The van der Waals surface area contributed by atoms with Gasteiger partial charge in [-0.2, -0.15) is 0 Å². The summed E-state index contributed by atoms with van der Waals surface area (Å²) in [6, 6.07) is 0.557. The fourth-order valence-corrected chi connectivity index (χ4v) is 4.44. The second-order valence-corrected chi connectivity index (χ2v) is 7.76. The zero-order valence-electron chi connectivity index (χ0n) is 14.2. The van der Waals surface area contributed by atoms with E-state index in [2.05, 4.69) is 35.9 Å². The normalized spacial score (nSPS) is 38.3. The molecule has 0 aromatic rings. The molecule has 3 aliphatic heterocycles. The SMILES string of the molecule is CCN1CCN(CC23CCC(NC(C)C)(CC2)CO3)CC1.[HH]. The van der Waals surface area contributed by atoms with Gasteiger partial charge in [-0.05, 0) is 32.2 Å². The molecule has 2 bridgehead atoms. The van der Waals surface area contributed by atoms with Gasteiger partial charge in [0.15, 0.2) is 0 Å². The Morgan fingerprint density at radius 1 is 1.05 bits per heavy atom. The zero-order chi connectivity index (χ0) is 14.9. The molecule has 124 valence electrons. The number of hydrogen-bond acceptors (Lipinski definition) is 4. The first-order valence-corrected chi connectivity index (χ1v) is 8.91. The highest BCUT2D eigenvalue weighted by Gasteiger charge is 2.50. The summed E-state index contributed by atoms with van der Waals surface area (Å²) in [6.45, 7) is 14.9. The molecular formula is C17H35N3O. The molecule has 1 aliphatic carbocycles. The third-order valence-corrected chi connectivity index (χ3v) is 5.79. The van der Waals surface area contributed by atoms with Crippen molar-refractivity contribution < 1.29 is 6.16 Å². The van der Waals surface area contributed by atoms with E-state index < -0.39 is 0 Å². The Kier molecular flexibility index (Phi) is 4.60. The lowest BCUT2D eigenvalue weighted by atomic mass is 9.70. The molecule has 4 rings (SSSR count). The molecule has 0 aromatic carbocycles. The van der Waals surface area contributed by atoms with Crippen molar-refractivity contribution in [3.05, 3.63) is 0 Å². The Morgan fingerprint density at radius 3 is 2.14 bits per heavy atom. The molecule has 0 amide bonds. The van der Waals surface area contributed by atoms with Crippen molar-refractivity contribution in [3.63, 3.8) is 0 Å². The molecular weight excluding hydrogens is 262 g/mol. The third kappa shape index (κ3) is 3.44. The molecule has 4 nitrogen and oxygen atoms in total. The van der Waals surface area contributed by atoms with Crippen LogP contribution in [0.1, 0.15) is 47.9 Å². The van der Waals surface area contributed by atoms with E-state index in [9.17, 15) is 0 Å². The second kappa shape index (κ2) is 6.15. The average molecular weight is 297 g/mol. The molecule has 0 aromatic heterocycles.